The number of oxime groups is 1. The maximum absolute atomic E-state index is 13.1. The number of carbonyl (C=O) groups is 3. The van der Waals surface area contributed by atoms with E-state index in [2.05, 4.69) is 30.0 Å². The van der Waals surface area contributed by atoms with Crippen molar-refractivity contribution in [3.8, 4) is 5.75 Å². The van der Waals surface area contributed by atoms with Crippen molar-refractivity contribution in [1.29, 1.82) is 0 Å². The van der Waals surface area contributed by atoms with Crippen LogP contribution in [0.1, 0.15) is 19.5 Å². The number of anilines is 3. The SMILES string of the molecule is Cn1c(Nc2ccc3cc(OCCO/N=C(\C(=O)N[C@@H]4C(=O)N(OS(=O)O)C4(C)C)c4csc(N)n4)ccc3n2)cc[n+]1C.O=CO. The number of pyridine rings is 1. The average Bonchev–Trinajstić information content (AvgIpc) is 3.60. The molecule has 1 saturated heterocycles. The van der Waals surface area contributed by atoms with E-state index in [1.165, 1.54) is 5.38 Å². The first-order valence-electron chi connectivity index (χ1n) is 13.6. The first kappa shape index (κ1) is 34.7. The zero-order valence-corrected chi connectivity index (χ0v) is 27.2. The van der Waals surface area contributed by atoms with Crippen molar-refractivity contribution in [2.24, 2.45) is 19.3 Å². The third-order valence-corrected chi connectivity index (χ3v) is 7.81. The number of hydroxylamine groups is 2. The first-order chi connectivity index (χ1) is 22.3. The Balaban J connectivity index is 0.00000160. The molecule has 3 aromatic heterocycles. The highest BCUT2D eigenvalue weighted by Gasteiger charge is 2.57. The molecule has 47 heavy (non-hydrogen) atoms. The van der Waals surface area contributed by atoms with Crippen molar-refractivity contribution in [3.05, 3.63) is 53.7 Å². The predicted molar refractivity (Wildman–Crippen MR) is 170 cm³/mol. The Morgan fingerprint density at radius 1 is 1.26 bits per heavy atom. The lowest BCUT2D eigenvalue weighted by Crippen LogP contribution is -2.76. The number of hydrogen-bond donors (Lipinski definition) is 5. The summed E-state index contributed by atoms with van der Waals surface area (Å²) in [5.41, 5.74) is 5.35. The van der Waals surface area contributed by atoms with E-state index in [4.69, 9.17) is 29.8 Å². The molecule has 0 aliphatic carbocycles. The molecule has 6 N–H and O–H groups in total. The van der Waals surface area contributed by atoms with Crippen molar-refractivity contribution in [2.75, 3.05) is 24.3 Å². The van der Waals surface area contributed by atoms with Crippen molar-refractivity contribution in [3.63, 3.8) is 0 Å². The van der Waals surface area contributed by atoms with Crippen LogP contribution in [0, 0.1) is 0 Å². The van der Waals surface area contributed by atoms with Gasteiger partial charge in [-0.25, -0.2) is 9.97 Å². The fraction of sp³-hybridized carbons (Fsp3) is 0.296. The van der Waals surface area contributed by atoms with Crippen LogP contribution in [0.2, 0.25) is 0 Å². The summed E-state index contributed by atoms with van der Waals surface area (Å²) in [7, 11) is 3.89. The quantitative estimate of drug-likeness (QED) is 0.0264. The number of fused-ring (bicyclic) bond motifs is 1. The maximum atomic E-state index is 13.1. The van der Waals surface area contributed by atoms with Crippen molar-refractivity contribution in [1.82, 2.24) is 25.0 Å². The minimum atomic E-state index is -2.70. The van der Waals surface area contributed by atoms with Crippen molar-refractivity contribution >= 4 is 74.4 Å². The molecule has 1 aromatic carbocycles. The summed E-state index contributed by atoms with van der Waals surface area (Å²) >= 11 is -1.61. The standard InChI is InChI=1S/C26H29N9O7S2.CH2O2/c1-26(2)22(24(37)35(26)42-44(38)39)31-23(36)21(18-14-43-25(27)29-18)32-41-12-11-40-16-6-7-17-15(13-16)5-8-19(28-17)30-20-9-10-33(3)34(20)4;2-1-3/h5-10,13-14,22H,11-12H2,1-4H3,(H4,27,29,31,36,38,39);1H,(H,2,3)/p+1/b32-21-;/t22-;/m1./s1. The third kappa shape index (κ3) is 8.16. The number of β-lactam (4-membered cyclic amide) rings is 1. The summed E-state index contributed by atoms with van der Waals surface area (Å²) in [4.78, 5) is 48.0. The molecule has 1 unspecified atom stereocenters. The van der Waals surface area contributed by atoms with E-state index in [1.54, 1.807) is 19.9 Å². The number of nitrogens with one attached hydrogen (secondary N) is 2. The minimum Gasteiger partial charge on any atom is -0.490 e. The normalized spacial score (nSPS) is 16.0. The molecule has 250 valence electrons. The number of benzene rings is 1. The van der Waals surface area contributed by atoms with E-state index in [0.717, 1.165) is 33.1 Å². The molecule has 1 aliphatic heterocycles. The molecule has 20 heteroatoms. The van der Waals surface area contributed by atoms with Crippen molar-refractivity contribution in [2.45, 2.75) is 25.4 Å². The van der Waals surface area contributed by atoms with Gasteiger partial charge in [-0.3, -0.25) is 18.9 Å². The second-order valence-electron chi connectivity index (χ2n) is 10.3. The molecule has 4 aromatic rings. The van der Waals surface area contributed by atoms with Gasteiger partial charge in [-0.05, 0) is 44.2 Å². The van der Waals surface area contributed by atoms with Crippen LogP contribution in [0.3, 0.4) is 0 Å². The van der Waals surface area contributed by atoms with Gasteiger partial charge in [0.25, 0.3) is 18.3 Å². The molecule has 5 rings (SSSR count). The zero-order chi connectivity index (χ0) is 34.3. The molecular weight excluding hydrogens is 658 g/mol. The summed E-state index contributed by atoms with van der Waals surface area (Å²) in [5, 5.41) is 20.0. The van der Waals surface area contributed by atoms with E-state index in [-0.39, 0.29) is 36.2 Å². The molecular formula is C27H32N9O9S2+. The summed E-state index contributed by atoms with van der Waals surface area (Å²) in [6.07, 6.45) is 1.94. The van der Waals surface area contributed by atoms with Crippen LogP contribution < -0.4 is 25.8 Å². The first-order valence-corrected chi connectivity index (χ1v) is 15.5. The summed E-state index contributed by atoms with van der Waals surface area (Å²) < 4.78 is 34.3. The number of nitrogens with zero attached hydrogens (tertiary/aromatic N) is 6. The summed E-state index contributed by atoms with van der Waals surface area (Å²) in [5.74, 6) is 0.733. The average molecular weight is 691 g/mol. The molecule has 0 saturated carbocycles. The van der Waals surface area contributed by atoms with E-state index in [1.807, 2.05) is 60.0 Å². The Bertz CT molecular complexity index is 1830. The number of carboxylic acid groups (broad SMARTS) is 1. The monoisotopic (exact) mass is 690 g/mol. The number of nitrogen functional groups attached to an aromatic ring is 1. The highest BCUT2D eigenvalue weighted by Crippen LogP contribution is 2.32. The largest absolute Gasteiger partial charge is 0.490 e. The molecule has 0 spiro atoms. The second kappa shape index (κ2) is 14.9. The number of hydrogen-bond acceptors (Lipinski definition) is 13. The number of carbonyl (C=O) groups excluding carboxylic acids is 2. The smallest absolute Gasteiger partial charge is 0.325 e. The van der Waals surface area contributed by atoms with Gasteiger partial charge in [0.15, 0.2) is 36.5 Å². The fourth-order valence-electron chi connectivity index (χ4n) is 4.37. The number of amides is 2. The number of ether oxygens (including phenoxy) is 1. The highest BCUT2D eigenvalue weighted by atomic mass is 32.2. The number of nitrogens with two attached hydrogens (primary N) is 1. The maximum Gasteiger partial charge on any atom is 0.325 e. The van der Waals surface area contributed by atoms with E-state index in [9.17, 15) is 13.8 Å². The fourth-order valence-corrected chi connectivity index (χ4v) is 5.31. The molecule has 2 amide bonds. The van der Waals surface area contributed by atoms with Gasteiger partial charge in [0, 0.05) is 10.8 Å². The van der Waals surface area contributed by atoms with Gasteiger partial charge in [0.05, 0.1) is 24.2 Å². The van der Waals surface area contributed by atoms with Crippen LogP contribution in [0.5, 0.6) is 5.75 Å². The Kier molecular flexibility index (Phi) is 11.0. The Labute approximate surface area is 274 Å². The van der Waals surface area contributed by atoms with Crippen molar-refractivity contribution < 1.29 is 46.8 Å². The Morgan fingerprint density at radius 2 is 2.00 bits per heavy atom. The van der Waals surface area contributed by atoms with Crippen LogP contribution in [0.25, 0.3) is 10.9 Å². The van der Waals surface area contributed by atoms with Crippen LogP contribution in [-0.2, 0) is 49.0 Å². The Morgan fingerprint density at radius 3 is 2.62 bits per heavy atom. The van der Waals surface area contributed by atoms with Gasteiger partial charge in [-0.1, -0.05) is 5.16 Å². The number of thiazole rings is 1. The van der Waals surface area contributed by atoms with Gasteiger partial charge in [0.1, 0.15) is 29.9 Å². The van der Waals surface area contributed by atoms with E-state index < -0.39 is 34.8 Å². The Hall–Kier alpha value is -5.18. The molecule has 0 radical (unpaired) electrons. The number of aromatic nitrogens is 4. The molecule has 4 heterocycles. The second-order valence-corrected chi connectivity index (χ2v) is 11.7. The van der Waals surface area contributed by atoms with Gasteiger partial charge < -0.3 is 31.0 Å². The van der Waals surface area contributed by atoms with E-state index in [0.29, 0.717) is 11.6 Å². The summed E-state index contributed by atoms with van der Waals surface area (Å²) in [6, 6.07) is 10.2. The lowest BCUT2D eigenvalue weighted by Gasteiger charge is -2.50. The van der Waals surface area contributed by atoms with Gasteiger partial charge in [0.2, 0.25) is 0 Å². The van der Waals surface area contributed by atoms with E-state index >= 15 is 0 Å². The third-order valence-electron chi connectivity index (χ3n) is 6.86. The molecule has 1 fully saturated rings. The number of aryl methyl sites for hydroxylation is 1. The van der Waals surface area contributed by atoms with Gasteiger partial charge in [-0.15, -0.1) is 25.0 Å². The van der Waals surface area contributed by atoms with Gasteiger partial charge >= 0.3 is 11.4 Å². The topological polar surface area (TPSA) is 237 Å². The molecule has 0 bridgehead atoms. The predicted octanol–water partition coefficient (Wildman–Crippen LogP) is 0.855. The number of rotatable bonds is 12. The zero-order valence-electron chi connectivity index (χ0n) is 25.5. The van der Waals surface area contributed by atoms with Crippen LogP contribution in [0.15, 0.2) is 53.1 Å². The molecule has 18 nitrogen and oxygen atoms in total. The van der Waals surface area contributed by atoms with Gasteiger partial charge in [-0.2, -0.15) is 9.27 Å². The molecule has 2 atom stereocenters. The lowest BCUT2D eigenvalue weighted by atomic mass is 9.84. The summed E-state index contributed by atoms with van der Waals surface area (Å²) in [6.45, 7) is 2.96. The van der Waals surface area contributed by atoms with Crippen LogP contribution >= 0.6 is 11.3 Å². The highest BCUT2D eigenvalue weighted by molar-refractivity contribution is 7.74. The minimum absolute atomic E-state index is 0.0125. The van der Waals surface area contributed by atoms with Crippen LogP contribution in [0.4, 0.5) is 16.8 Å². The lowest BCUT2D eigenvalue weighted by molar-refractivity contribution is -0.750. The molecule has 1 aliphatic rings. The van der Waals surface area contributed by atoms with Crippen LogP contribution in [-0.4, -0.2) is 82.4 Å².